The number of rotatable bonds is 6. The van der Waals surface area contributed by atoms with Crippen LogP contribution in [-0.4, -0.2) is 19.8 Å². The number of benzene rings is 1. The van der Waals surface area contributed by atoms with Crippen LogP contribution in [0, 0.1) is 0 Å². The number of halogens is 1. The molecule has 5 heteroatoms. The largest absolute Gasteiger partial charge is 0.215 e. The molecule has 0 heterocycles. The highest BCUT2D eigenvalue weighted by atomic mass is 79.9. The molecule has 0 spiro atoms. The summed E-state index contributed by atoms with van der Waals surface area (Å²) in [6, 6.07) is 9.17. The normalized spacial score (nSPS) is 13.6. The van der Waals surface area contributed by atoms with Gasteiger partial charge < -0.3 is 0 Å². The van der Waals surface area contributed by atoms with Gasteiger partial charge in [0.2, 0.25) is 10.0 Å². The predicted octanol–water partition coefficient (Wildman–Crippen LogP) is 2.28. The maximum atomic E-state index is 11.7. The Morgan fingerprint density at radius 1 is 1.31 bits per heavy atom. The van der Waals surface area contributed by atoms with E-state index in [4.69, 9.17) is 0 Å². The van der Waals surface area contributed by atoms with E-state index in [0.717, 1.165) is 12.0 Å². The predicted molar refractivity (Wildman–Crippen MR) is 70.1 cm³/mol. The smallest absolute Gasteiger partial charge is 0.214 e. The minimum Gasteiger partial charge on any atom is -0.214 e. The first-order valence-corrected chi connectivity index (χ1v) is 7.75. The lowest BCUT2D eigenvalue weighted by Crippen LogP contribution is -2.30. The van der Waals surface area contributed by atoms with Gasteiger partial charge in [0.05, 0.1) is 5.75 Å². The van der Waals surface area contributed by atoms with Gasteiger partial charge in [-0.2, -0.15) is 0 Å². The van der Waals surface area contributed by atoms with Crippen LogP contribution < -0.4 is 4.72 Å². The highest BCUT2D eigenvalue weighted by Crippen LogP contribution is 2.06. The molecule has 0 aliphatic rings. The van der Waals surface area contributed by atoms with Crippen molar-refractivity contribution in [1.82, 2.24) is 4.72 Å². The summed E-state index contributed by atoms with van der Waals surface area (Å²) in [7, 11) is -3.22. The number of nitrogens with one attached hydrogen (secondary N) is 1. The molecular formula is C11H16BrNO2S. The van der Waals surface area contributed by atoms with Crippen molar-refractivity contribution in [1.29, 1.82) is 0 Å². The second kappa shape index (κ2) is 6.37. The lowest BCUT2D eigenvalue weighted by atomic mass is 10.2. The Balaban J connectivity index is 2.53. The fourth-order valence-corrected chi connectivity index (χ4v) is 2.77. The Morgan fingerprint density at radius 2 is 1.94 bits per heavy atom. The third kappa shape index (κ3) is 5.09. The molecule has 0 aliphatic heterocycles. The van der Waals surface area contributed by atoms with Gasteiger partial charge in [-0.1, -0.05) is 53.2 Å². The van der Waals surface area contributed by atoms with Crippen LogP contribution in [-0.2, 0) is 15.8 Å². The Labute approximate surface area is 105 Å². The van der Waals surface area contributed by atoms with Crippen LogP contribution in [0.15, 0.2) is 30.3 Å². The van der Waals surface area contributed by atoms with E-state index in [1.807, 2.05) is 37.3 Å². The number of sulfonamides is 1. The zero-order valence-corrected chi connectivity index (χ0v) is 11.6. The molecule has 1 rings (SSSR count). The van der Waals surface area contributed by atoms with Crippen molar-refractivity contribution in [2.45, 2.75) is 23.9 Å². The Hall–Kier alpha value is -0.390. The van der Waals surface area contributed by atoms with Crippen LogP contribution in [0.2, 0.25) is 0 Å². The average Bonchev–Trinajstić information content (AvgIpc) is 2.27. The summed E-state index contributed by atoms with van der Waals surface area (Å²) in [4.78, 5) is 0.193. The van der Waals surface area contributed by atoms with Gasteiger partial charge >= 0.3 is 0 Å². The molecular weight excluding hydrogens is 290 g/mol. The van der Waals surface area contributed by atoms with Crippen molar-refractivity contribution >= 4 is 26.0 Å². The number of hydrogen-bond donors (Lipinski definition) is 1. The van der Waals surface area contributed by atoms with Gasteiger partial charge in [0, 0.05) is 11.4 Å². The lowest BCUT2D eigenvalue weighted by Gasteiger charge is -2.09. The molecule has 1 unspecified atom stereocenters. The molecule has 0 radical (unpaired) electrons. The first-order valence-electron chi connectivity index (χ1n) is 5.19. The molecule has 0 aromatic heterocycles. The SMILES string of the molecule is CCC(Br)CNS(=O)(=O)Cc1ccccc1. The van der Waals surface area contributed by atoms with Crippen molar-refractivity contribution in [3.8, 4) is 0 Å². The summed E-state index contributed by atoms with van der Waals surface area (Å²) in [5, 5.41) is 0. The molecule has 90 valence electrons. The van der Waals surface area contributed by atoms with Crippen LogP contribution in [0.4, 0.5) is 0 Å². The summed E-state index contributed by atoms with van der Waals surface area (Å²) in [5.41, 5.74) is 0.803. The van der Waals surface area contributed by atoms with E-state index in [9.17, 15) is 8.42 Å². The summed E-state index contributed by atoms with van der Waals surface area (Å²) < 4.78 is 26.0. The van der Waals surface area contributed by atoms with E-state index >= 15 is 0 Å². The van der Waals surface area contributed by atoms with Crippen molar-refractivity contribution in [2.24, 2.45) is 0 Å². The summed E-state index contributed by atoms with van der Waals surface area (Å²) in [5.74, 6) is 0.0390. The third-order valence-electron chi connectivity index (χ3n) is 2.17. The van der Waals surface area contributed by atoms with E-state index in [1.54, 1.807) is 0 Å². The molecule has 0 fully saturated rings. The highest BCUT2D eigenvalue weighted by Gasteiger charge is 2.12. The Kier molecular flexibility index (Phi) is 5.44. The van der Waals surface area contributed by atoms with E-state index in [2.05, 4.69) is 20.7 Å². The van der Waals surface area contributed by atoms with Gasteiger partial charge in [0.15, 0.2) is 0 Å². The van der Waals surface area contributed by atoms with Crippen molar-refractivity contribution in [3.05, 3.63) is 35.9 Å². The van der Waals surface area contributed by atoms with Crippen molar-refractivity contribution in [2.75, 3.05) is 6.54 Å². The van der Waals surface area contributed by atoms with Crippen molar-refractivity contribution in [3.63, 3.8) is 0 Å². The van der Waals surface area contributed by atoms with Gasteiger partial charge in [-0.3, -0.25) is 0 Å². The molecule has 1 aromatic carbocycles. The van der Waals surface area contributed by atoms with Crippen LogP contribution >= 0.6 is 15.9 Å². The maximum absolute atomic E-state index is 11.7. The lowest BCUT2D eigenvalue weighted by molar-refractivity contribution is 0.579. The maximum Gasteiger partial charge on any atom is 0.215 e. The number of alkyl halides is 1. The van der Waals surface area contributed by atoms with Crippen molar-refractivity contribution < 1.29 is 8.42 Å². The fraction of sp³-hybridized carbons (Fsp3) is 0.455. The molecule has 0 bridgehead atoms. The summed E-state index contributed by atoms with van der Waals surface area (Å²) in [6.07, 6.45) is 0.897. The van der Waals surface area contributed by atoms with Crippen LogP contribution in [0.25, 0.3) is 0 Å². The standard InChI is InChI=1S/C11H16BrNO2S/c1-2-11(12)8-13-16(14,15)9-10-6-4-3-5-7-10/h3-7,11,13H,2,8-9H2,1H3. The van der Waals surface area contributed by atoms with E-state index in [0.29, 0.717) is 6.54 Å². The molecule has 0 saturated heterocycles. The third-order valence-corrected chi connectivity index (χ3v) is 4.46. The van der Waals surface area contributed by atoms with Gasteiger partial charge in [0.25, 0.3) is 0 Å². The zero-order valence-electron chi connectivity index (χ0n) is 9.19. The molecule has 16 heavy (non-hydrogen) atoms. The molecule has 0 aliphatic carbocycles. The van der Waals surface area contributed by atoms with Gasteiger partial charge in [0.1, 0.15) is 0 Å². The minimum absolute atomic E-state index is 0.0390. The second-order valence-electron chi connectivity index (χ2n) is 3.60. The summed E-state index contributed by atoms with van der Waals surface area (Å²) in [6.45, 7) is 2.44. The summed E-state index contributed by atoms with van der Waals surface area (Å²) >= 11 is 3.39. The topological polar surface area (TPSA) is 46.2 Å². The van der Waals surface area contributed by atoms with Crippen LogP contribution in [0.5, 0.6) is 0 Å². The molecule has 3 nitrogen and oxygen atoms in total. The molecule has 1 aromatic rings. The first kappa shape index (κ1) is 13.7. The van der Waals surface area contributed by atoms with Gasteiger partial charge in [-0.25, -0.2) is 13.1 Å². The van der Waals surface area contributed by atoms with E-state index in [-0.39, 0.29) is 10.6 Å². The fourth-order valence-electron chi connectivity index (χ4n) is 1.21. The Bertz CT molecular complexity index is 405. The van der Waals surface area contributed by atoms with Gasteiger partial charge in [-0.15, -0.1) is 0 Å². The minimum atomic E-state index is -3.22. The second-order valence-corrected chi connectivity index (χ2v) is 6.70. The highest BCUT2D eigenvalue weighted by molar-refractivity contribution is 9.09. The first-order chi connectivity index (χ1) is 7.53. The van der Waals surface area contributed by atoms with E-state index < -0.39 is 10.0 Å². The van der Waals surface area contributed by atoms with Crippen LogP contribution in [0.3, 0.4) is 0 Å². The Morgan fingerprint density at radius 3 is 2.50 bits per heavy atom. The van der Waals surface area contributed by atoms with Gasteiger partial charge in [-0.05, 0) is 12.0 Å². The van der Waals surface area contributed by atoms with E-state index in [1.165, 1.54) is 0 Å². The average molecular weight is 306 g/mol. The molecule has 1 atom stereocenters. The van der Waals surface area contributed by atoms with Crippen LogP contribution in [0.1, 0.15) is 18.9 Å². The monoisotopic (exact) mass is 305 g/mol. The number of hydrogen-bond acceptors (Lipinski definition) is 2. The molecule has 0 saturated carbocycles. The molecule has 1 N–H and O–H groups in total. The zero-order chi connectivity index (χ0) is 12.0. The quantitative estimate of drug-likeness (QED) is 0.820. The molecule has 0 amide bonds.